The van der Waals surface area contributed by atoms with Crippen LogP contribution in [0.5, 0.6) is 0 Å². The second-order valence-corrected chi connectivity index (χ2v) is 32.6. The van der Waals surface area contributed by atoms with E-state index in [1.807, 2.05) is 0 Å². The Hall–Kier alpha value is -7.18. The molecule has 0 bridgehead atoms. The fourth-order valence-corrected chi connectivity index (χ4v) is 20.8. The minimum Gasteiger partial charge on any atom is -0.369 e. The highest BCUT2D eigenvalue weighted by Crippen LogP contribution is 2.45. The van der Waals surface area contributed by atoms with Crippen LogP contribution in [-0.2, 0) is 0 Å². The predicted octanol–water partition coefficient (Wildman–Crippen LogP) is 24.2. The van der Waals surface area contributed by atoms with Gasteiger partial charge in [-0.1, -0.05) is 188 Å². The number of anilines is 4. The second kappa shape index (κ2) is 33.1. The topological polar surface area (TPSA) is 37.7 Å². The monoisotopic (exact) mass is 1350 g/mol. The van der Waals surface area contributed by atoms with Crippen LogP contribution in [0.3, 0.4) is 0 Å². The molecule has 0 spiro atoms. The van der Waals surface area contributed by atoms with E-state index in [1.54, 1.807) is 0 Å². The molecule has 0 N–H and O–H groups in total. The van der Waals surface area contributed by atoms with E-state index in [0.717, 1.165) is 73.1 Å². The standard InChI is InChI=1S/C95H122N6/c1-9-98(90-33-21-13-25-66(90)5)78-53-41-72(42-54-78)94(73-43-55-79(56-44-73)99(10-2)91-34-22-14-26-67(91)6)86-61-63-88(84-31-19-17-29-82(84)86)96-76-49-37-70(38-50-76)65-71-39-51-77(52-40-71)97-89-64-62-87(83-30-18-20-32-85(83)89)95(74-45-57-80(58-46-74)100(11-3)92-35-23-15-27-68(92)7)75-47-59-81(60-48-75)101(12-4)93-36-24-16-28-69(93)8/h17-20,29-32,41-48,53-64,66-71,76-77,90-93H,9-16,21-28,33-40,49-52,65H2,1-8H3. The summed E-state index contributed by atoms with van der Waals surface area (Å²) in [6.45, 7) is 23.4. The molecule has 0 aromatic heterocycles. The van der Waals surface area contributed by atoms with Gasteiger partial charge >= 0.3 is 0 Å². The van der Waals surface area contributed by atoms with Crippen LogP contribution in [0.1, 0.15) is 260 Å². The lowest BCUT2D eigenvalue weighted by atomic mass is 9.75. The Morgan fingerprint density at radius 3 is 0.812 bits per heavy atom. The van der Waals surface area contributed by atoms with E-state index in [4.69, 9.17) is 9.98 Å². The van der Waals surface area contributed by atoms with Gasteiger partial charge in [-0.2, -0.15) is 0 Å². The van der Waals surface area contributed by atoms with Gasteiger partial charge < -0.3 is 19.6 Å². The summed E-state index contributed by atoms with van der Waals surface area (Å²) < 4.78 is 0. The van der Waals surface area contributed by atoms with Crippen molar-refractivity contribution in [2.24, 2.45) is 45.5 Å². The van der Waals surface area contributed by atoms with Gasteiger partial charge in [0.2, 0.25) is 0 Å². The fourth-order valence-electron chi connectivity index (χ4n) is 20.8. The largest absolute Gasteiger partial charge is 0.369 e. The molecule has 8 atom stereocenters. The number of fused-ring (bicyclic) bond motifs is 2. The highest BCUT2D eigenvalue weighted by Gasteiger charge is 2.34. The number of hydrogen-bond acceptors (Lipinski definition) is 6. The van der Waals surface area contributed by atoms with Crippen molar-refractivity contribution >= 4 is 56.5 Å². The minimum absolute atomic E-state index is 0.356. The molecular formula is C95H122N6. The minimum atomic E-state index is 0.356. The smallest absolute Gasteiger partial charge is 0.0656 e. The van der Waals surface area contributed by atoms with Gasteiger partial charge in [0.15, 0.2) is 0 Å². The van der Waals surface area contributed by atoms with Crippen LogP contribution < -0.4 is 19.6 Å². The third-order valence-electron chi connectivity index (χ3n) is 26.5. The SMILES string of the molecule is CCN(c1ccc(C(=C2C=CC(=NC3CCC(CC4CCC(N=C5C=CC(=C(c6ccc(N(CC)C7CCCCC7C)cc6)c6ccc(N(CC)C7CCCCC7C)cc6)c6ccccc65)CC4)CC3)c3ccccc32)c2ccc(N(CC)C3CCCCC3C)cc2)cc1)C1CCCCC1C. The Labute approximate surface area is 610 Å². The van der Waals surface area contributed by atoms with E-state index in [0.29, 0.717) is 36.3 Å². The first-order valence-corrected chi connectivity index (χ1v) is 41.2. The van der Waals surface area contributed by atoms with Crippen LogP contribution in [0.25, 0.3) is 22.3 Å². The van der Waals surface area contributed by atoms with Gasteiger partial charge in [-0.15, -0.1) is 0 Å². The Balaban J connectivity index is 0.662. The van der Waals surface area contributed by atoms with E-state index in [2.05, 4.69) is 245 Å². The molecule has 0 radical (unpaired) electrons. The lowest BCUT2D eigenvalue weighted by molar-refractivity contribution is 0.226. The number of aliphatic imine (C=N–C) groups is 2. The van der Waals surface area contributed by atoms with Gasteiger partial charge in [-0.3, -0.25) is 9.98 Å². The van der Waals surface area contributed by atoms with Gasteiger partial charge in [-0.25, -0.2) is 0 Å². The van der Waals surface area contributed by atoms with Gasteiger partial charge in [0, 0.05) is 84.2 Å². The van der Waals surface area contributed by atoms with E-state index in [9.17, 15) is 0 Å². The molecule has 6 fully saturated rings. The number of allylic oxidation sites excluding steroid dienone is 6. The van der Waals surface area contributed by atoms with E-state index < -0.39 is 0 Å². The Kier molecular flexibility index (Phi) is 23.2. The first kappa shape index (κ1) is 70.8. The molecule has 6 aromatic rings. The van der Waals surface area contributed by atoms with Crippen LogP contribution in [0.4, 0.5) is 22.7 Å². The van der Waals surface area contributed by atoms with Crippen molar-refractivity contribution in [3.8, 4) is 0 Å². The molecule has 14 rings (SSSR count). The quantitative estimate of drug-likeness (QED) is 0.0763. The van der Waals surface area contributed by atoms with E-state index in [1.165, 1.54) is 250 Å². The Morgan fingerprint density at radius 2 is 0.554 bits per heavy atom. The van der Waals surface area contributed by atoms with Gasteiger partial charge in [-0.05, 0) is 289 Å². The normalized spacial score (nSPS) is 27.6. The molecule has 0 aliphatic heterocycles. The van der Waals surface area contributed by atoms with Crippen LogP contribution >= 0.6 is 0 Å². The first-order chi connectivity index (χ1) is 49.6. The van der Waals surface area contributed by atoms with Gasteiger partial charge in [0.25, 0.3) is 0 Å². The summed E-state index contributed by atoms with van der Waals surface area (Å²) in [5.41, 5.74) is 23.2. The zero-order valence-electron chi connectivity index (χ0n) is 63.3. The maximum Gasteiger partial charge on any atom is 0.0656 e. The average Bonchev–Trinajstić information content (AvgIpc) is 0.769. The molecular weight excluding hydrogens is 1230 g/mol. The summed E-state index contributed by atoms with van der Waals surface area (Å²) in [5, 5.41) is 0. The Morgan fingerprint density at radius 1 is 0.297 bits per heavy atom. The highest BCUT2D eigenvalue weighted by molar-refractivity contribution is 6.20. The first-order valence-electron chi connectivity index (χ1n) is 41.2. The molecule has 0 amide bonds. The maximum atomic E-state index is 5.69. The van der Waals surface area contributed by atoms with Crippen molar-refractivity contribution < 1.29 is 0 Å². The van der Waals surface area contributed by atoms with Crippen LogP contribution in [0.2, 0.25) is 0 Å². The van der Waals surface area contributed by atoms with Crippen LogP contribution in [0, 0.1) is 35.5 Å². The number of benzene rings is 6. The second-order valence-electron chi connectivity index (χ2n) is 32.6. The molecule has 6 aromatic carbocycles. The lowest BCUT2D eigenvalue weighted by Gasteiger charge is -2.40. The number of hydrogen-bond donors (Lipinski definition) is 0. The van der Waals surface area contributed by atoms with Crippen molar-refractivity contribution in [2.75, 3.05) is 45.8 Å². The summed E-state index contributed by atoms with van der Waals surface area (Å²) in [6.07, 6.45) is 42.0. The molecule has 0 saturated heterocycles. The molecule has 8 aliphatic carbocycles. The molecule has 6 heteroatoms. The van der Waals surface area contributed by atoms with Crippen molar-refractivity contribution in [3.05, 3.63) is 214 Å². The van der Waals surface area contributed by atoms with E-state index in [-0.39, 0.29) is 0 Å². The summed E-state index contributed by atoms with van der Waals surface area (Å²) in [7, 11) is 0. The maximum absolute atomic E-state index is 5.69. The van der Waals surface area contributed by atoms with Crippen molar-refractivity contribution in [2.45, 2.75) is 252 Å². The predicted molar refractivity (Wildman–Crippen MR) is 436 cm³/mol. The van der Waals surface area contributed by atoms with Crippen LogP contribution in [0.15, 0.2) is 180 Å². The van der Waals surface area contributed by atoms with Crippen LogP contribution in [-0.4, -0.2) is 73.9 Å². The van der Waals surface area contributed by atoms with Crippen molar-refractivity contribution in [3.63, 3.8) is 0 Å². The van der Waals surface area contributed by atoms with Crippen molar-refractivity contribution in [1.82, 2.24) is 0 Å². The molecule has 0 heterocycles. The zero-order valence-corrected chi connectivity index (χ0v) is 63.3. The number of nitrogens with zero attached hydrogens (tertiary/aromatic N) is 6. The highest BCUT2D eigenvalue weighted by atomic mass is 15.2. The molecule has 532 valence electrons. The van der Waals surface area contributed by atoms with E-state index >= 15 is 0 Å². The zero-order chi connectivity index (χ0) is 69.3. The molecule has 6 nitrogen and oxygen atoms in total. The third-order valence-corrected chi connectivity index (χ3v) is 26.5. The van der Waals surface area contributed by atoms with Gasteiger partial charge in [0.05, 0.1) is 23.5 Å². The summed E-state index contributed by atoms with van der Waals surface area (Å²) >= 11 is 0. The fraction of sp³-hybridized carbons (Fsp3) is 0.516. The lowest BCUT2D eigenvalue weighted by Crippen LogP contribution is -2.41. The molecule has 8 unspecified atom stereocenters. The average molecular weight is 1350 g/mol. The molecule has 101 heavy (non-hydrogen) atoms. The molecule has 8 aliphatic rings. The summed E-state index contributed by atoms with van der Waals surface area (Å²) in [4.78, 5) is 22.2. The van der Waals surface area contributed by atoms with Crippen molar-refractivity contribution in [1.29, 1.82) is 0 Å². The Bertz CT molecular complexity index is 3500. The summed E-state index contributed by atoms with van der Waals surface area (Å²) in [6, 6.07) is 60.3. The number of rotatable bonds is 20. The van der Waals surface area contributed by atoms with Gasteiger partial charge in [0.1, 0.15) is 0 Å². The third kappa shape index (κ3) is 15.7. The summed E-state index contributed by atoms with van der Waals surface area (Å²) in [5.74, 6) is 4.44. The molecule has 6 saturated carbocycles.